The summed E-state index contributed by atoms with van der Waals surface area (Å²) in [4.78, 5) is 41.0. The normalized spacial score (nSPS) is 16.2. The Balaban J connectivity index is 1.35. The molecule has 0 bridgehead atoms. The van der Waals surface area contributed by atoms with Crippen LogP contribution in [0, 0.1) is 0 Å². The first-order valence-corrected chi connectivity index (χ1v) is 14.9. The van der Waals surface area contributed by atoms with Gasteiger partial charge in [-0.2, -0.15) is 4.98 Å². The van der Waals surface area contributed by atoms with Gasteiger partial charge in [0.2, 0.25) is 0 Å². The Bertz CT molecular complexity index is 1570. The molecule has 1 N–H and O–H groups in total. The molecular weight excluding hydrogens is 518 g/mol. The minimum absolute atomic E-state index is 0.195. The van der Waals surface area contributed by atoms with E-state index in [0.29, 0.717) is 12.1 Å². The monoisotopic (exact) mass is 557 g/mol. The summed E-state index contributed by atoms with van der Waals surface area (Å²) in [6.07, 6.45) is 6.80. The van der Waals surface area contributed by atoms with Gasteiger partial charge in [0, 0.05) is 24.5 Å². The summed E-state index contributed by atoms with van der Waals surface area (Å²) in [5.41, 5.74) is 2.42. The van der Waals surface area contributed by atoms with Crippen molar-refractivity contribution in [3.63, 3.8) is 0 Å². The van der Waals surface area contributed by atoms with Gasteiger partial charge in [-0.05, 0) is 120 Å². The Hall–Kier alpha value is -3.76. The lowest BCUT2D eigenvalue weighted by atomic mass is 10.2. The van der Waals surface area contributed by atoms with E-state index in [-0.39, 0.29) is 11.5 Å². The molecule has 2 aromatic carbocycles. The lowest BCUT2D eigenvalue weighted by molar-refractivity contribution is 0.323. The second-order valence-electron chi connectivity index (χ2n) is 11.1. The molecule has 2 fully saturated rings. The maximum Gasteiger partial charge on any atom is 0.352 e. The van der Waals surface area contributed by atoms with Crippen LogP contribution in [0.3, 0.4) is 0 Å². The van der Waals surface area contributed by atoms with Gasteiger partial charge < -0.3 is 19.9 Å². The van der Waals surface area contributed by atoms with E-state index in [9.17, 15) is 9.59 Å². The van der Waals surface area contributed by atoms with Crippen LogP contribution >= 0.6 is 0 Å². The maximum atomic E-state index is 13.7. The summed E-state index contributed by atoms with van der Waals surface area (Å²) < 4.78 is 8.47. The number of fused-ring (bicyclic) bond motifs is 2. The van der Waals surface area contributed by atoms with Gasteiger partial charge in [-0.15, -0.1) is 0 Å². The van der Waals surface area contributed by atoms with Crippen LogP contribution in [-0.2, 0) is 6.54 Å². The minimum Gasteiger partial charge on any atom is -0.497 e. The van der Waals surface area contributed by atoms with E-state index in [4.69, 9.17) is 9.72 Å². The van der Waals surface area contributed by atoms with Crippen LogP contribution in [0.5, 0.6) is 5.75 Å². The number of likely N-dealkylation sites (tertiary alicyclic amines) is 2. The molecule has 4 heterocycles. The van der Waals surface area contributed by atoms with Crippen molar-refractivity contribution in [3.05, 3.63) is 63.3 Å². The number of rotatable bonds is 11. The van der Waals surface area contributed by atoms with E-state index < -0.39 is 11.2 Å². The largest absolute Gasteiger partial charge is 0.497 e. The van der Waals surface area contributed by atoms with E-state index in [1.54, 1.807) is 7.11 Å². The Kier molecular flexibility index (Phi) is 8.29. The van der Waals surface area contributed by atoms with Crippen LogP contribution in [0.1, 0.15) is 38.5 Å². The van der Waals surface area contributed by atoms with E-state index in [2.05, 4.69) is 20.1 Å². The molecule has 0 atom stereocenters. The lowest BCUT2D eigenvalue weighted by Gasteiger charge is -2.20. The van der Waals surface area contributed by atoms with Crippen LogP contribution in [0.25, 0.3) is 28.2 Å². The van der Waals surface area contributed by atoms with Crippen LogP contribution < -0.4 is 21.3 Å². The molecule has 216 valence electrons. The molecule has 4 aliphatic heterocycles. The number of hydrogen-bond donors (Lipinski definition) is 1. The summed E-state index contributed by atoms with van der Waals surface area (Å²) in [7, 11) is 1.62. The van der Waals surface area contributed by atoms with Gasteiger partial charge in [-0.1, -0.05) is 0 Å². The number of benzene rings is 2. The number of methoxy groups -OCH3 is 1. The van der Waals surface area contributed by atoms with Crippen LogP contribution in [-0.4, -0.2) is 81.8 Å². The molecule has 0 spiro atoms. The molecule has 6 rings (SSSR count). The summed E-state index contributed by atoms with van der Waals surface area (Å²) >= 11 is 0. The van der Waals surface area contributed by atoms with Gasteiger partial charge in [-0.3, -0.25) is 13.9 Å². The van der Waals surface area contributed by atoms with Crippen molar-refractivity contribution in [2.45, 2.75) is 45.1 Å². The number of hydrogen-bond acceptors (Lipinski definition) is 8. The molecule has 4 aliphatic rings. The topological polar surface area (TPSA) is 97.5 Å². The van der Waals surface area contributed by atoms with Crippen LogP contribution in [0.2, 0.25) is 0 Å². The van der Waals surface area contributed by atoms with E-state index in [1.165, 1.54) is 43.3 Å². The number of anilines is 1. The molecule has 0 aromatic heterocycles. The highest BCUT2D eigenvalue weighted by atomic mass is 16.5. The molecule has 0 radical (unpaired) electrons. The second-order valence-corrected chi connectivity index (χ2v) is 11.1. The van der Waals surface area contributed by atoms with Gasteiger partial charge in [0.1, 0.15) is 5.75 Å². The van der Waals surface area contributed by atoms with Crippen molar-refractivity contribution in [1.29, 1.82) is 0 Å². The SMILES string of the molecule is COc1ccc(-n2c3nc(=O)n(CCCN4CCCC4)c(=O)c-3nc3ccc(NCCCN4CCCC4)cc32)cc1. The molecule has 10 nitrogen and oxygen atoms in total. The molecule has 0 saturated carbocycles. The van der Waals surface area contributed by atoms with E-state index >= 15 is 0 Å². The summed E-state index contributed by atoms with van der Waals surface area (Å²) in [5.74, 6) is 0.981. The first kappa shape index (κ1) is 27.4. The minimum atomic E-state index is -0.538. The van der Waals surface area contributed by atoms with Crippen LogP contribution in [0.4, 0.5) is 5.69 Å². The molecule has 0 unspecified atom stereocenters. The van der Waals surface area contributed by atoms with Gasteiger partial charge >= 0.3 is 5.69 Å². The maximum absolute atomic E-state index is 13.7. The van der Waals surface area contributed by atoms with Crippen molar-refractivity contribution in [3.8, 4) is 23.0 Å². The predicted octanol–water partition coefficient (Wildman–Crippen LogP) is 3.44. The average Bonchev–Trinajstić information content (AvgIpc) is 3.71. The zero-order chi connectivity index (χ0) is 28.2. The van der Waals surface area contributed by atoms with E-state index in [1.807, 2.05) is 47.0 Å². The molecule has 0 aliphatic carbocycles. The quantitative estimate of drug-likeness (QED) is 0.221. The Morgan fingerprint density at radius 1 is 0.829 bits per heavy atom. The third-order valence-electron chi connectivity index (χ3n) is 8.32. The number of aromatic nitrogens is 4. The fraction of sp³-hybridized carbons (Fsp3) is 0.484. The smallest absolute Gasteiger partial charge is 0.352 e. The summed E-state index contributed by atoms with van der Waals surface area (Å²) in [6, 6.07) is 13.5. The molecular formula is C31H39N7O3. The fourth-order valence-corrected chi connectivity index (χ4v) is 6.10. The van der Waals surface area contributed by atoms with Crippen molar-refractivity contribution < 1.29 is 4.74 Å². The molecule has 0 amide bonds. The average molecular weight is 558 g/mol. The second kappa shape index (κ2) is 12.4. The standard InChI is InChI=1S/C31H39N7O3/c1-41-25-11-9-24(10-12-25)38-27-22-23(32-14-6-19-35-15-2-3-16-35)8-13-26(27)33-28-29(38)34-31(40)37(30(28)39)21-7-20-36-17-4-5-18-36/h8-13,22,32H,2-7,14-21H2,1H3. The fourth-order valence-electron chi connectivity index (χ4n) is 6.10. The zero-order valence-electron chi connectivity index (χ0n) is 23.8. The lowest BCUT2D eigenvalue weighted by Crippen LogP contribution is -2.39. The molecule has 2 aromatic rings. The highest BCUT2D eigenvalue weighted by Gasteiger charge is 2.23. The first-order valence-electron chi connectivity index (χ1n) is 14.9. The number of ether oxygens (including phenoxy) is 1. The molecule has 41 heavy (non-hydrogen) atoms. The predicted molar refractivity (Wildman–Crippen MR) is 162 cm³/mol. The summed E-state index contributed by atoms with van der Waals surface area (Å²) in [6.45, 7) is 7.72. The zero-order valence-corrected chi connectivity index (χ0v) is 23.8. The van der Waals surface area contributed by atoms with Gasteiger partial charge in [-0.25, -0.2) is 9.78 Å². The highest BCUT2D eigenvalue weighted by molar-refractivity contribution is 5.84. The van der Waals surface area contributed by atoms with Gasteiger partial charge in [0.15, 0.2) is 11.5 Å². The van der Waals surface area contributed by atoms with Crippen LogP contribution in [0.15, 0.2) is 52.1 Å². The summed E-state index contributed by atoms with van der Waals surface area (Å²) in [5, 5.41) is 3.54. The van der Waals surface area contributed by atoms with E-state index in [0.717, 1.165) is 68.2 Å². The van der Waals surface area contributed by atoms with Gasteiger partial charge in [0.05, 0.1) is 18.1 Å². The Morgan fingerprint density at radius 2 is 1.51 bits per heavy atom. The Labute approximate surface area is 239 Å². The van der Waals surface area contributed by atoms with Crippen molar-refractivity contribution in [1.82, 2.24) is 28.9 Å². The highest BCUT2D eigenvalue weighted by Crippen LogP contribution is 2.28. The Morgan fingerprint density at radius 3 is 2.20 bits per heavy atom. The van der Waals surface area contributed by atoms with Crippen molar-refractivity contribution in [2.75, 3.05) is 58.2 Å². The number of nitrogens with zero attached hydrogens (tertiary/aromatic N) is 6. The van der Waals surface area contributed by atoms with Gasteiger partial charge in [0.25, 0.3) is 5.56 Å². The third kappa shape index (κ3) is 5.99. The number of nitrogens with one attached hydrogen (secondary N) is 1. The van der Waals surface area contributed by atoms with Crippen molar-refractivity contribution >= 4 is 16.7 Å². The molecule has 2 saturated heterocycles. The first-order chi connectivity index (χ1) is 20.1. The molecule has 10 heteroatoms. The third-order valence-corrected chi connectivity index (χ3v) is 8.32. The van der Waals surface area contributed by atoms with Crippen molar-refractivity contribution in [2.24, 2.45) is 0 Å².